The fourth-order valence-electron chi connectivity index (χ4n) is 2.28. The Kier molecular flexibility index (Phi) is 3.25. The molecule has 0 radical (unpaired) electrons. The van der Waals surface area contributed by atoms with E-state index in [1.807, 2.05) is 7.05 Å². The van der Waals surface area contributed by atoms with Gasteiger partial charge in [0.15, 0.2) is 5.82 Å². The van der Waals surface area contributed by atoms with Gasteiger partial charge in [0.05, 0.1) is 12.1 Å². The minimum Gasteiger partial charge on any atom is -0.391 e. The van der Waals surface area contributed by atoms with Crippen molar-refractivity contribution in [2.45, 2.75) is 50.7 Å². The number of aliphatic hydroxyl groups is 1. The van der Waals surface area contributed by atoms with Crippen molar-refractivity contribution in [1.82, 2.24) is 14.8 Å². The van der Waals surface area contributed by atoms with Crippen LogP contribution in [0.15, 0.2) is 0 Å². The smallest absolute Gasteiger partial charge is 0.154 e. The van der Waals surface area contributed by atoms with E-state index in [-0.39, 0.29) is 0 Å². The van der Waals surface area contributed by atoms with E-state index in [9.17, 15) is 5.11 Å². The summed E-state index contributed by atoms with van der Waals surface area (Å²) in [4.78, 5) is 4.48. The molecule has 1 aliphatic rings. The second kappa shape index (κ2) is 4.51. The van der Waals surface area contributed by atoms with Gasteiger partial charge in [0.25, 0.3) is 0 Å². The largest absolute Gasteiger partial charge is 0.391 e. The van der Waals surface area contributed by atoms with Crippen LogP contribution in [0.2, 0.25) is 0 Å². The molecule has 1 aromatic heterocycles. The molecule has 2 atom stereocenters. The van der Waals surface area contributed by atoms with Gasteiger partial charge >= 0.3 is 0 Å². The first-order valence-corrected chi connectivity index (χ1v) is 5.94. The molecule has 1 saturated carbocycles. The molecule has 0 aliphatic heterocycles. The second-order valence-electron chi connectivity index (χ2n) is 4.70. The SMILES string of the molecule is CC(O)C(N)c1nc(C2CCCC2)nn1C. The van der Waals surface area contributed by atoms with Gasteiger partial charge in [-0.05, 0) is 19.8 Å². The minimum absolute atomic E-state index is 0.451. The lowest BCUT2D eigenvalue weighted by Gasteiger charge is -2.12. The van der Waals surface area contributed by atoms with E-state index in [0.717, 1.165) is 5.82 Å². The van der Waals surface area contributed by atoms with Crippen LogP contribution in [-0.4, -0.2) is 26.0 Å². The molecular formula is C11H20N4O. The molecule has 1 fully saturated rings. The lowest BCUT2D eigenvalue weighted by atomic mass is 10.1. The van der Waals surface area contributed by atoms with Crippen LogP contribution < -0.4 is 5.73 Å². The van der Waals surface area contributed by atoms with Gasteiger partial charge in [0.1, 0.15) is 5.82 Å². The Morgan fingerprint density at radius 1 is 1.44 bits per heavy atom. The highest BCUT2D eigenvalue weighted by atomic mass is 16.3. The van der Waals surface area contributed by atoms with Gasteiger partial charge in [0, 0.05) is 13.0 Å². The van der Waals surface area contributed by atoms with E-state index >= 15 is 0 Å². The summed E-state index contributed by atoms with van der Waals surface area (Å²) in [6.07, 6.45) is 4.28. The van der Waals surface area contributed by atoms with Crippen molar-refractivity contribution >= 4 is 0 Å². The topological polar surface area (TPSA) is 77.0 Å². The molecule has 2 unspecified atom stereocenters. The lowest BCUT2D eigenvalue weighted by molar-refractivity contribution is 0.158. The average molecular weight is 224 g/mol. The van der Waals surface area contributed by atoms with Crippen molar-refractivity contribution in [3.63, 3.8) is 0 Å². The maximum absolute atomic E-state index is 9.47. The van der Waals surface area contributed by atoms with Gasteiger partial charge in [-0.2, -0.15) is 5.10 Å². The number of aliphatic hydroxyl groups excluding tert-OH is 1. The Hall–Kier alpha value is -0.940. The number of nitrogens with two attached hydrogens (primary N) is 1. The zero-order valence-corrected chi connectivity index (χ0v) is 9.93. The van der Waals surface area contributed by atoms with E-state index < -0.39 is 12.1 Å². The van der Waals surface area contributed by atoms with Gasteiger partial charge in [-0.3, -0.25) is 4.68 Å². The molecule has 90 valence electrons. The number of rotatable bonds is 3. The third-order valence-corrected chi connectivity index (χ3v) is 3.35. The van der Waals surface area contributed by atoms with E-state index in [1.165, 1.54) is 25.7 Å². The van der Waals surface area contributed by atoms with Crippen molar-refractivity contribution < 1.29 is 5.11 Å². The summed E-state index contributed by atoms with van der Waals surface area (Å²) < 4.78 is 1.70. The summed E-state index contributed by atoms with van der Waals surface area (Å²) in [7, 11) is 1.84. The molecular weight excluding hydrogens is 204 g/mol. The predicted molar refractivity (Wildman–Crippen MR) is 60.8 cm³/mol. The van der Waals surface area contributed by atoms with E-state index in [4.69, 9.17) is 5.73 Å². The molecule has 5 nitrogen and oxygen atoms in total. The summed E-state index contributed by atoms with van der Waals surface area (Å²) in [6, 6.07) is -0.451. The van der Waals surface area contributed by atoms with Crippen LogP contribution >= 0.6 is 0 Å². The maximum atomic E-state index is 9.47. The number of nitrogens with zero attached hydrogens (tertiary/aromatic N) is 3. The number of hydrogen-bond donors (Lipinski definition) is 2. The Balaban J connectivity index is 2.20. The summed E-state index contributed by atoms with van der Waals surface area (Å²) in [5.74, 6) is 2.06. The molecule has 5 heteroatoms. The summed E-state index contributed by atoms with van der Waals surface area (Å²) in [6.45, 7) is 1.68. The van der Waals surface area contributed by atoms with Gasteiger partial charge in [-0.25, -0.2) is 4.98 Å². The highest BCUT2D eigenvalue weighted by Gasteiger charge is 2.25. The lowest BCUT2D eigenvalue weighted by Crippen LogP contribution is -2.26. The predicted octanol–water partition coefficient (Wildman–Crippen LogP) is 0.853. The molecule has 0 aromatic carbocycles. The highest BCUT2D eigenvalue weighted by Crippen LogP contribution is 2.32. The van der Waals surface area contributed by atoms with Crippen molar-refractivity contribution in [3.05, 3.63) is 11.6 Å². The standard InChI is InChI=1S/C11H20N4O/c1-7(16)9(12)11-13-10(14-15(11)2)8-5-3-4-6-8/h7-9,16H,3-6,12H2,1-2H3. The van der Waals surface area contributed by atoms with Crippen molar-refractivity contribution in [3.8, 4) is 0 Å². The molecule has 1 heterocycles. The molecule has 0 amide bonds. The fraction of sp³-hybridized carbons (Fsp3) is 0.818. The molecule has 16 heavy (non-hydrogen) atoms. The molecule has 0 bridgehead atoms. The molecule has 3 N–H and O–H groups in total. The molecule has 1 aromatic rings. The molecule has 0 spiro atoms. The number of hydrogen-bond acceptors (Lipinski definition) is 4. The minimum atomic E-state index is -0.598. The van der Waals surface area contributed by atoms with Crippen LogP contribution in [0.5, 0.6) is 0 Å². The van der Waals surface area contributed by atoms with Crippen LogP contribution in [0, 0.1) is 0 Å². The second-order valence-corrected chi connectivity index (χ2v) is 4.70. The fourth-order valence-corrected chi connectivity index (χ4v) is 2.28. The van der Waals surface area contributed by atoms with Gasteiger partial charge in [0.2, 0.25) is 0 Å². The highest BCUT2D eigenvalue weighted by molar-refractivity contribution is 5.05. The van der Waals surface area contributed by atoms with Crippen LogP contribution in [0.1, 0.15) is 56.2 Å². The quantitative estimate of drug-likeness (QED) is 0.798. The van der Waals surface area contributed by atoms with E-state index in [0.29, 0.717) is 11.7 Å². The maximum Gasteiger partial charge on any atom is 0.154 e. The molecule has 0 saturated heterocycles. The molecule has 1 aliphatic carbocycles. The third kappa shape index (κ3) is 2.10. The number of aromatic nitrogens is 3. The first-order valence-electron chi connectivity index (χ1n) is 5.94. The monoisotopic (exact) mass is 224 g/mol. The summed E-state index contributed by atoms with van der Waals surface area (Å²) in [5.41, 5.74) is 5.88. The Bertz CT molecular complexity index is 355. The zero-order valence-electron chi connectivity index (χ0n) is 9.93. The molecule has 2 rings (SSSR count). The van der Waals surface area contributed by atoms with Crippen LogP contribution in [-0.2, 0) is 7.05 Å². The van der Waals surface area contributed by atoms with E-state index in [2.05, 4.69) is 10.1 Å². The Morgan fingerprint density at radius 3 is 2.62 bits per heavy atom. The van der Waals surface area contributed by atoms with Crippen molar-refractivity contribution in [2.75, 3.05) is 0 Å². The van der Waals surface area contributed by atoms with Crippen molar-refractivity contribution in [2.24, 2.45) is 12.8 Å². The normalized spacial score (nSPS) is 21.2. The Labute approximate surface area is 95.7 Å². The first-order chi connectivity index (χ1) is 7.59. The van der Waals surface area contributed by atoms with Crippen LogP contribution in [0.3, 0.4) is 0 Å². The van der Waals surface area contributed by atoms with E-state index in [1.54, 1.807) is 11.6 Å². The van der Waals surface area contributed by atoms with Crippen LogP contribution in [0.4, 0.5) is 0 Å². The van der Waals surface area contributed by atoms with Gasteiger partial charge in [-0.1, -0.05) is 12.8 Å². The van der Waals surface area contributed by atoms with Gasteiger partial charge < -0.3 is 10.8 Å². The summed E-state index contributed by atoms with van der Waals surface area (Å²) in [5, 5.41) is 13.9. The third-order valence-electron chi connectivity index (χ3n) is 3.35. The van der Waals surface area contributed by atoms with Crippen molar-refractivity contribution in [1.29, 1.82) is 0 Å². The van der Waals surface area contributed by atoms with Gasteiger partial charge in [-0.15, -0.1) is 0 Å². The summed E-state index contributed by atoms with van der Waals surface area (Å²) >= 11 is 0. The first kappa shape index (κ1) is 11.5. The Morgan fingerprint density at radius 2 is 2.06 bits per heavy atom. The average Bonchev–Trinajstić information content (AvgIpc) is 2.84. The zero-order chi connectivity index (χ0) is 11.7. The van der Waals surface area contributed by atoms with Crippen LogP contribution in [0.25, 0.3) is 0 Å². The number of aryl methyl sites for hydroxylation is 1.